The average Bonchev–Trinajstić information content (AvgIpc) is 2.63. The van der Waals surface area contributed by atoms with Gasteiger partial charge in [-0.05, 0) is 63.3 Å². The maximum absolute atomic E-state index is 13.1. The molecule has 32 heavy (non-hydrogen) atoms. The maximum Gasteiger partial charge on any atom is 0.416 e. The number of carbonyl (C=O) groups excluding carboxylic acids is 1. The minimum Gasteiger partial charge on any atom is -0.444 e. The van der Waals surface area contributed by atoms with Crippen molar-refractivity contribution < 1.29 is 35.9 Å². The molecule has 1 fully saturated rings. The van der Waals surface area contributed by atoms with Gasteiger partial charge in [0.2, 0.25) is 0 Å². The molecule has 0 bridgehead atoms. The normalized spacial score (nSPS) is 20.6. The molecule has 2 rings (SSSR count). The van der Waals surface area contributed by atoms with Crippen LogP contribution in [0.15, 0.2) is 18.2 Å². The molecule has 0 unspecified atom stereocenters. The molecule has 182 valence electrons. The molecule has 1 aromatic carbocycles. The lowest BCUT2D eigenvalue weighted by Crippen LogP contribution is -2.53. The monoisotopic (exact) mass is 468 g/mol. The minimum atomic E-state index is -4.88. The summed E-state index contributed by atoms with van der Waals surface area (Å²) < 4.78 is 83.9. The number of likely N-dealkylation sites (tertiary alicyclic amines) is 1. The third kappa shape index (κ3) is 7.28. The summed E-state index contributed by atoms with van der Waals surface area (Å²) in [6.45, 7) is 9.45. The number of ether oxygens (including phenoxy) is 1. The predicted octanol–water partition coefficient (Wildman–Crippen LogP) is 6.24. The predicted molar refractivity (Wildman–Crippen MR) is 108 cm³/mol. The van der Waals surface area contributed by atoms with Crippen LogP contribution in [0.1, 0.15) is 64.2 Å². The van der Waals surface area contributed by atoms with Crippen molar-refractivity contribution in [3.63, 3.8) is 0 Å². The Hall–Kier alpha value is -1.97. The van der Waals surface area contributed by atoms with Crippen molar-refractivity contribution in [3.05, 3.63) is 34.9 Å². The molecule has 1 aliphatic rings. The van der Waals surface area contributed by atoms with E-state index in [2.05, 4.69) is 5.32 Å². The van der Waals surface area contributed by atoms with E-state index in [0.29, 0.717) is 19.4 Å². The number of rotatable bonds is 4. The summed E-state index contributed by atoms with van der Waals surface area (Å²) in [5, 5.41) is 3.07. The molecule has 2 atom stereocenters. The van der Waals surface area contributed by atoms with Gasteiger partial charge in [-0.3, -0.25) is 0 Å². The third-order valence-corrected chi connectivity index (χ3v) is 5.28. The number of piperidine rings is 1. The van der Waals surface area contributed by atoms with Crippen LogP contribution >= 0.6 is 0 Å². The highest BCUT2D eigenvalue weighted by Gasteiger charge is 2.38. The number of nitrogens with zero attached hydrogens (tertiary/aromatic N) is 1. The van der Waals surface area contributed by atoms with E-state index in [1.165, 1.54) is 0 Å². The molecule has 0 spiro atoms. The van der Waals surface area contributed by atoms with Gasteiger partial charge in [0, 0.05) is 25.2 Å². The lowest BCUT2D eigenvalue weighted by Gasteiger charge is -2.42. The van der Waals surface area contributed by atoms with Crippen LogP contribution in [0.3, 0.4) is 0 Å². The van der Waals surface area contributed by atoms with Gasteiger partial charge in [-0.1, -0.05) is 13.8 Å². The minimum absolute atomic E-state index is 0.0946. The van der Waals surface area contributed by atoms with Gasteiger partial charge in [0.15, 0.2) is 0 Å². The summed E-state index contributed by atoms with van der Waals surface area (Å²) >= 11 is 0. The molecule has 1 aliphatic heterocycles. The first-order valence-corrected chi connectivity index (χ1v) is 10.5. The lowest BCUT2D eigenvalue weighted by molar-refractivity contribution is -0.143. The van der Waals surface area contributed by atoms with Crippen molar-refractivity contribution in [2.75, 3.05) is 6.54 Å². The topological polar surface area (TPSA) is 41.6 Å². The Kier molecular flexibility index (Phi) is 7.79. The van der Waals surface area contributed by atoms with E-state index in [4.69, 9.17) is 4.74 Å². The number of hydrogen-bond acceptors (Lipinski definition) is 3. The quantitative estimate of drug-likeness (QED) is 0.532. The van der Waals surface area contributed by atoms with Crippen molar-refractivity contribution in [1.29, 1.82) is 0 Å². The third-order valence-electron chi connectivity index (χ3n) is 5.28. The van der Waals surface area contributed by atoms with Gasteiger partial charge in [0.05, 0.1) is 11.1 Å². The average molecular weight is 468 g/mol. The molecule has 0 aromatic heterocycles. The van der Waals surface area contributed by atoms with Crippen LogP contribution in [0, 0.1) is 5.92 Å². The zero-order chi connectivity index (χ0) is 24.5. The maximum atomic E-state index is 13.1. The SMILES string of the molecule is CC(C)[C@H]1C[C@@H](NCc2cc(C(F)(F)F)cc(C(F)(F)F)c2)CCN1C(=O)OC(C)(C)C. The number of nitrogens with one attached hydrogen (secondary N) is 1. The molecule has 1 heterocycles. The standard InChI is InChI=1S/C22H30F6N2O2/c1-13(2)18-11-17(6-7-30(18)19(31)32-20(3,4)5)29-12-14-8-15(21(23,24)25)10-16(9-14)22(26,27)28/h8-10,13,17-18,29H,6-7,11-12H2,1-5H3/t17-,18+/m0/s1. The zero-order valence-corrected chi connectivity index (χ0v) is 18.8. The number of amides is 1. The summed E-state index contributed by atoms with van der Waals surface area (Å²) in [6.07, 6.45) is -9.16. The second-order valence-electron chi connectivity index (χ2n) is 9.50. The van der Waals surface area contributed by atoms with Gasteiger partial charge in [0.25, 0.3) is 0 Å². The highest BCUT2D eigenvalue weighted by Crippen LogP contribution is 2.36. The Morgan fingerprint density at radius 3 is 2.03 bits per heavy atom. The number of halogens is 6. The van der Waals surface area contributed by atoms with Crippen LogP contribution in [0.4, 0.5) is 31.1 Å². The molecule has 1 amide bonds. The van der Waals surface area contributed by atoms with Crippen molar-refractivity contribution in [1.82, 2.24) is 10.2 Å². The Morgan fingerprint density at radius 2 is 1.59 bits per heavy atom. The first-order chi connectivity index (χ1) is 14.5. The molecule has 0 aliphatic carbocycles. The van der Waals surface area contributed by atoms with Crippen LogP contribution in [0.2, 0.25) is 0 Å². The van der Waals surface area contributed by atoms with E-state index < -0.39 is 35.2 Å². The van der Waals surface area contributed by atoms with E-state index >= 15 is 0 Å². The second kappa shape index (κ2) is 9.49. The van der Waals surface area contributed by atoms with Crippen LogP contribution in [-0.4, -0.2) is 35.2 Å². The number of alkyl halides is 6. The van der Waals surface area contributed by atoms with E-state index in [1.54, 1.807) is 25.7 Å². The first kappa shape index (κ1) is 26.3. The smallest absolute Gasteiger partial charge is 0.416 e. The van der Waals surface area contributed by atoms with E-state index in [1.807, 2.05) is 13.8 Å². The first-order valence-electron chi connectivity index (χ1n) is 10.5. The van der Waals surface area contributed by atoms with Crippen LogP contribution < -0.4 is 5.32 Å². The van der Waals surface area contributed by atoms with E-state index in [-0.39, 0.29) is 36.2 Å². The van der Waals surface area contributed by atoms with Gasteiger partial charge < -0.3 is 15.0 Å². The van der Waals surface area contributed by atoms with Gasteiger partial charge in [-0.15, -0.1) is 0 Å². The summed E-state index contributed by atoms with van der Waals surface area (Å²) in [5.41, 5.74) is -3.40. The fourth-order valence-corrected chi connectivity index (χ4v) is 3.75. The molecule has 0 radical (unpaired) electrons. The van der Waals surface area contributed by atoms with Crippen molar-refractivity contribution in [2.24, 2.45) is 5.92 Å². The fourth-order valence-electron chi connectivity index (χ4n) is 3.75. The van der Waals surface area contributed by atoms with Crippen molar-refractivity contribution in [3.8, 4) is 0 Å². The number of carbonyl (C=O) groups is 1. The summed E-state index contributed by atoms with van der Waals surface area (Å²) in [5.74, 6) is 0.0949. The van der Waals surface area contributed by atoms with Crippen LogP contribution in [0.25, 0.3) is 0 Å². The molecule has 1 aromatic rings. The Bertz CT molecular complexity index is 767. The molecule has 4 nitrogen and oxygen atoms in total. The molecule has 10 heteroatoms. The second-order valence-corrected chi connectivity index (χ2v) is 9.50. The lowest BCUT2D eigenvalue weighted by atomic mass is 9.89. The van der Waals surface area contributed by atoms with Gasteiger partial charge >= 0.3 is 18.4 Å². The highest BCUT2D eigenvalue weighted by atomic mass is 19.4. The van der Waals surface area contributed by atoms with Gasteiger partial charge in [-0.25, -0.2) is 4.79 Å². The van der Waals surface area contributed by atoms with Crippen LogP contribution in [0.5, 0.6) is 0 Å². The number of benzene rings is 1. The molecule has 0 saturated carbocycles. The fraction of sp³-hybridized carbons (Fsp3) is 0.682. The van der Waals surface area contributed by atoms with Gasteiger partial charge in [-0.2, -0.15) is 26.3 Å². The van der Waals surface area contributed by atoms with Crippen LogP contribution in [-0.2, 0) is 23.6 Å². The summed E-state index contributed by atoms with van der Waals surface area (Å²) in [6, 6.07) is 1.27. The Labute approximate surface area is 184 Å². The summed E-state index contributed by atoms with van der Waals surface area (Å²) in [7, 11) is 0. The number of hydrogen-bond donors (Lipinski definition) is 1. The molecule has 1 N–H and O–H groups in total. The van der Waals surface area contributed by atoms with Gasteiger partial charge in [0.1, 0.15) is 5.60 Å². The van der Waals surface area contributed by atoms with Crippen molar-refractivity contribution in [2.45, 2.75) is 84.0 Å². The zero-order valence-electron chi connectivity index (χ0n) is 18.8. The molecule has 1 saturated heterocycles. The highest BCUT2D eigenvalue weighted by molar-refractivity contribution is 5.68. The van der Waals surface area contributed by atoms with E-state index in [0.717, 1.165) is 12.1 Å². The van der Waals surface area contributed by atoms with E-state index in [9.17, 15) is 31.1 Å². The molecular formula is C22H30F6N2O2. The Morgan fingerprint density at radius 1 is 1.06 bits per heavy atom. The molecular weight excluding hydrogens is 438 g/mol. The van der Waals surface area contributed by atoms with Crippen molar-refractivity contribution >= 4 is 6.09 Å². The largest absolute Gasteiger partial charge is 0.444 e. The summed E-state index contributed by atoms with van der Waals surface area (Å²) in [4.78, 5) is 14.2. The Balaban J connectivity index is 2.12.